The molecule has 2 aromatic carbocycles. The lowest BCUT2D eigenvalue weighted by atomic mass is 9.95. The van der Waals surface area contributed by atoms with E-state index in [0.29, 0.717) is 12.6 Å². The minimum absolute atomic E-state index is 0.139. The van der Waals surface area contributed by atoms with E-state index in [1.807, 2.05) is 50.2 Å². The van der Waals surface area contributed by atoms with E-state index in [2.05, 4.69) is 17.4 Å². The van der Waals surface area contributed by atoms with Crippen LogP contribution in [0.1, 0.15) is 57.1 Å². The van der Waals surface area contributed by atoms with Gasteiger partial charge in [0.05, 0.1) is 40.1 Å². The average molecular weight is 536 g/mol. The molecule has 1 atom stereocenters. The summed E-state index contributed by atoms with van der Waals surface area (Å²) in [4.78, 5) is 0. The third-order valence-electron chi connectivity index (χ3n) is 5.94. The standard InChI is InChI=1S/C11H16O3.C9H19NO2.C9H12O.C2H6/c1-12-7-6-9-4-5-10(13-2)11(8-9)14-3;11-7-9(12)6-10-8-4-2-1-3-5-8;1-10-8-7-9-5-3-2-4-6-9;1-2/h4-5,8H,6-7H2,1-3H3;8-12H,1-7H2;2-6H,7-8H2,1H3;1-2H3. The summed E-state index contributed by atoms with van der Waals surface area (Å²) in [6.45, 7) is 5.92. The summed E-state index contributed by atoms with van der Waals surface area (Å²) in [6.07, 6.45) is 7.69. The van der Waals surface area contributed by atoms with Crippen molar-refractivity contribution in [2.24, 2.45) is 0 Å². The van der Waals surface area contributed by atoms with Crippen molar-refractivity contribution in [3.63, 3.8) is 0 Å². The lowest BCUT2D eigenvalue weighted by Crippen LogP contribution is -2.38. The average Bonchev–Trinajstić information content (AvgIpc) is 3.00. The predicted octanol–water partition coefficient (Wildman–Crippen LogP) is 5.06. The van der Waals surface area contributed by atoms with Gasteiger partial charge in [0.1, 0.15) is 0 Å². The molecular weight excluding hydrogens is 482 g/mol. The fraction of sp³-hybridized carbons (Fsp3) is 0.613. The highest BCUT2D eigenvalue weighted by Gasteiger charge is 2.13. The molecule has 1 fully saturated rings. The maximum Gasteiger partial charge on any atom is 0.160 e. The third kappa shape index (κ3) is 17.4. The number of rotatable bonds is 12. The van der Waals surface area contributed by atoms with Crippen molar-refractivity contribution < 1.29 is 29.2 Å². The number of aliphatic hydroxyl groups is 2. The van der Waals surface area contributed by atoms with E-state index in [9.17, 15) is 0 Å². The third-order valence-corrected chi connectivity index (χ3v) is 5.94. The van der Waals surface area contributed by atoms with Crippen LogP contribution in [0.3, 0.4) is 0 Å². The molecule has 0 spiro atoms. The quantitative estimate of drug-likeness (QED) is 0.350. The van der Waals surface area contributed by atoms with Crippen molar-refractivity contribution in [2.75, 3.05) is 54.8 Å². The lowest BCUT2D eigenvalue weighted by Gasteiger charge is -2.23. The Morgan fingerprint density at radius 2 is 1.37 bits per heavy atom. The van der Waals surface area contributed by atoms with Crippen LogP contribution in [0.5, 0.6) is 11.5 Å². The highest BCUT2D eigenvalue weighted by Crippen LogP contribution is 2.27. The number of hydrogen-bond acceptors (Lipinski definition) is 7. The van der Waals surface area contributed by atoms with Crippen LogP contribution in [0.25, 0.3) is 0 Å². The van der Waals surface area contributed by atoms with Gasteiger partial charge in [0.25, 0.3) is 0 Å². The molecule has 7 heteroatoms. The Hall–Kier alpha value is -2.16. The van der Waals surface area contributed by atoms with Gasteiger partial charge in [-0.3, -0.25) is 0 Å². The molecular formula is C31H53NO6. The SMILES string of the molecule is CC.COCCc1ccc(OC)c(OC)c1.COCCc1ccccc1.OCC(O)CNC1CCCCC1. The summed E-state index contributed by atoms with van der Waals surface area (Å²) in [5.41, 5.74) is 2.52. The van der Waals surface area contributed by atoms with E-state index in [0.717, 1.165) is 37.6 Å². The van der Waals surface area contributed by atoms with Crippen LogP contribution in [0, 0.1) is 0 Å². The Labute approximate surface area is 231 Å². The van der Waals surface area contributed by atoms with E-state index in [-0.39, 0.29) is 6.61 Å². The maximum absolute atomic E-state index is 9.08. The normalized spacial score (nSPS) is 13.5. The van der Waals surface area contributed by atoms with Gasteiger partial charge in [-0.1, -0.05) is 69.5 Å². The van der Waals surface area contributed by atoms with Crippen LogP contribution in [-0.2, 0) is 22.3 Å². The molecule has 7 nitrogen and oxygen atoms in total. The molecule has 1 aliphatic rings. The molecule has 2 aromatic rings. The van der Waals surface area contributed by atoms with Crippen molar-refractivity contribution in [1.82, 2.24) is 5.32 Å². The summed E-state index contributed by atoms with van der Waals surface area (Å²) in [7, 11) is 6.69. The predicted molar refractivity (Wildman–Crippen MR) is 156 cm³/mol. The summed E-state index contributed by atoms with van der Waals surface area (Å²) >= 11 is 0. The Balaban J connectivity index is 0.000000529. The zero-order valence-electron chi connectivity index (χ0n) is 24.6. The van der Waals surface area contributed by atoms with E-state index in [1.54, 1.807) is 28.4 Å². The second kappa shape index (κ2) is 25.1. The monoisotopic (exact) mass is 535 g/mol. The molecule has 0 aliphatic heterocycles. The van der Waals surface area contributed by atoms with Gasteiger partial charge >= 0.3 is 0 Å². The summed E-state index contributed by atoms with van der Waals surface area (Å²) in [5, 5.41) is 20.9. The highest BCUT2D eigenvalue weighted by molar-refractivity contribution is 5.42. The van der Waals surface area contributed by atoms with Gasteiger partial charge in [0.15, 0.2) is 11.5 Å². The van der Waals surface area contributed by atoms with Gasteiger partial charge in [0.2, 0.25) is 0 Å². The van der Waals surface area contributed by atoms with Crippen LogP contribution < -0.4 is 14.8 Å². The topological polar surface area (TPSA) is 89.4 Å². The zero-order valence-corrected chi connectivity index (χ0v) is 24.6. The lowest BCUT2D eigenvalue weighted by molar-refractivity contribution is 0.0904. The van der Waals surface area contributed by atoms with Crippen LogP contribution >= 0.6 is 0 Å². The second-order valence-corrected chi connectivity index (χ2v) is 8.74. The number of ether oxygens (including phenoxy) is 4. The summed E-state index contributed by atoms with van der Waals surface area (Å²) < 4.78 is 20.3. The van der Waals surface area contributed by atoms with E-state index in [4.69, 9.17) is 29.2 Å². The first-order valence-corrected chi connectivity index (χ1v) is 13.8. The Morgan fingerprint density at radius 3 is 1.89 bits per heavy atom. The van der Waals surface area contributed by atoms with Gasteiger partial charge < -0.3 is 34.5 Å². The van der Waals surface area contributed by atoms with Crippen LogP contribution in [-0.4, -0.2) is 77.2 Å². The molecule has 0 aromatic heterocycles. The Morgan fingerprint density at radius 1 is 0.789 bits per heavy atom. The van der Waals surface area contributed by atoms with Gasteiger partial charge in [0, 0.05) is 26.8 Å². The molecule has 0 radical (unpaired) electrons. The molecule has 1 aliphatic carbocycles. The number of benzene rings is 2. The summed E-state index contributed by atoms with van der Waals surface area (Å²) in [6, 6.07) is 16.8. The minimum atomic E-state index is -0.591. The van der Waals surface area contributed by atoms with Gasteiger partial charge in [-0.2, -0.15) is 0 Å². The van der Waals surface area contributed by atoms with Crippen LogP contribution in [0.2, 0.25) is 0 Å². The number of aliphatic hydroxyl groups excluding tert-OH is 2. The molecule has 3 rings (SSSR count). The smallest absolute Gasteiger partial charge is 0.160 e. The fourth-order valence-corrected chi connectivity index (χ4v) is 3.79. The minimum Gasteiger partial charge on any atom is -0.493 e. The number of nitrogens with one attached hydrogen (secondary N) is 1. The molecule has 38 heavy (non-hydrogen) atoms. The first-order valence-electron chi connectivity index (χ1n) is 13.8. The molecule has 218 valence electrons. The fourth-order valence-electron chi connectivity index (χ4n) is 3.79. The Kier molecular flexibility index (Phi) is 23.7. The highest BCUT2D eigenvalue weighted by atomic mass is 16.5. The van der Waals surface area contributed by atoms with Gasteiger partial charge in [-0.05, 0) is 48.9 Å². The molecule has 0 bridgehead atoms. The van der Waals surface area contributed by atoms with Gasteiger partial charge in [-0.25, -0.2) is 0 Å². The van der Waals surface area contributed by atoms with Crippen molar-refractivity contribution in [3.05, 3.63) is 59.7 Å². The van der Waals surface area contributed by atoms with Crippen molar-refractivity contribution >= 4 is 0 Å². The largest absolute Gasteiger partial charge is 0.493 e. The molecule has 3 N–H and O–H groups in total. The van der Waals surface area contributed by atoms with Crippen molar-refractivity contribution in [3.8, 4) is 11.5 Å². The molecule has 1 unspecified atom stereocenters. The van der Waals surface area contributed by atoms with E-state index >= 15 is 0 Å². The van der Waals surface area contributed by atoms with Gasteiger partial charge in [-0.15, -0.1) is 0 Å². The van der Waals surface area contributed by atoms with Crippen LogP contribution in [0.4, 0.5) is 0 Å². The van der Waals surface area contributed by atoms with Crippen molar-refractivity contribution in [2.45, 2.75) is 70.9 Å². The number of hydrogen-bond donors (Lipinski definition) is 3. The maximum atomic E-state index is 9.08. The molecule has 1 saturated carbocycles. The van der Waals surface area contributed by atoms with Crippen LogP contribution in [0.15, 0.2) is 48.5 Å². The molecule has 0 amide bonds. The van der Waals surface area contributed by atoms with E-state index < -0.39 is 6.10 Å². The molecule has 0 saturated heterocycles. The zero-order chi connectivity index (χ0) is 28.4. The summed E-state index contributed by atoms with van der Waals surface area (Å²) in [5.74, 6) is 1.52. The first-order chi connectivity index (χ1) is 18.6. The Bertz CT molecular complexity index is 768. The first kappa shape index (κ1) is 35.8. The molecule has 0 heterocycles. The number of methoxy groups -OCH3 is 4. The van der Waals surface area contributed by atoms with Crippen molar-refractivity contribution in [1.29, 1.82) is 0 Å². The van der Waals surface area contributed by atoms with E-state index in [1.165, 1.54) is 43.2 Å². The second-order valence-electron chi connectivity index (χ2n) is 8.74.